The average Bonchev–Trinajstić information content (AvgIpc) is 3.36. The van der Waals surface area contributed by atoms with Crippen LogP contribution in [0.2, 0.25) is 0 Å². The van der Waals surface area contributed by atoms with E-state index in [2.05, 4.69) is 23.4 Å². The number of carbonyl (C=O) groups is 2. The summed E-state index contributed by atoms with van der Waals surface area (Å²) >= 11 is 0. The summed E-state index contributed by atoms with van der Waals surface area (Å²) in [6, 6.07) is 8.06. The fourth-order valence-corrected chi connectivity index (χ4v) is 4.28. The first-order valence-electron chi connectivity index (χ1n) is 9.99. The molecule has 1 aliphatic carbocycles. The van der Waals surface area contributed by atoms with Gasteiger partial charge >= 0.3 is 0 Å². The van der Waals surface area contributed by atoms with Gasteiger partial charge in [-0.15, -0.1) is 5.10 Å². The third kappa shape index (κ3) is 3.06. The molecule has 2 amide bonds. The summed E-state index contributed by atoms with van der Waals surface area (Å²) in [6.45, 7) is 6.28. The van der Waals surface area contributed by atoms with Crippen LogP contribution < -0.4 is 5.32 Å². The molecule has 2 aromatic heterocycles. The Morgan fingerprint density at radius 2 is 2.07 bits per heavy atom. The van der Waals surface area contributed by atoms with E-state index in [0.29, 0.717) is 30.0 Å². The number of aromatic nitrogens is 3. The first-order chi connectivity index (χ1) is 13.9. The van der Waals surface area contributed by atoms with Gasteiger partial charge in [-0.3, -0.25) is 9.59 Å². The second-order valence-corrected chi connectivity index (χ2v) is 8.16. The molecular formula is C22H23N5O2. The lowest BCUT2D eigenvalue weighted by Crippen LogP contribution is -2.34. The van der Waals surface area contributed by atoms with Crippen molar-refractivity contribution in [3.05, 3.63) is 47.2 Å². The van der Waals surface area contributed by atoms with Crippen molar-refractivity contribution in [2.45, 2.75) is 46.2 Å². The number of aryl methyl sites for hydroxylation is 1. The van der Waals surface area contributed by atoms with E-state index >= 15 is 0 Å². The van der Waals surface area contributed by atoms with Gasteiger partial charge in [0.25, 0.3) is 5.91 Å². The zero-order valence-electron chi connectivity index (χ0n) is 16.8. The Morgan fingerprint density at radius 1 is 1.28 bits per heavy atom. The van der Waals surface area contributed by atoms with Gasteiger partial charge in [0.15, 0.2) is 11.5 Å². The highest BCUT2D eigenvalue weighted by atomic mass is 16.2. The molecule has 0 bridgehead atoms. The van der Waals surface area contributed by atoms with E-state index < -0.39 is 0 Å². The van der Waals surface area contributed by atoms with Crippen LogP contribution in [0.5, 0.6) is 0 Å². The summed E-state index contributed by atoms with van der Waals surface area (Å²) in [6.07, 6.45) is 4.28. The number of hydrogen-bond donors (Lipinski definition) is 1. The van der Waals surface area contributed by atoms with E-state index in [1.54, 1.807) is 10.6 Å². The van der Waals surface area contributed by atoms with Crippen LogP contribution in [0.15, 0.2) is 30.5 Å². The Hall–Kier alpha value is -3.22. The molecule has 3 heterocycles. The molecule has 148 valence electrons. The summed E-state index contributed by atoms with van der Waals surface area (Å²) in [7, 11) is 0. The maximum atomic E-state index is 13.0. The van der Waals surface area contributed by atoms with Crippen LogP contribution in [0.3, 0.4) is 0 Å². The van der Waals surface area contributed by atoms with Crippen LogP contribution in [-0.4, -0.2) is 37.4 Å². The number of nitrogens with zero attached hydrogens (tertiary/aromatic N) is 4. The molecule has 1 atom stereocenters. The van der Waals surface area contributed by atoms with Crippen molar-refractivity contribution in [2.75, 3.05) is 5.32 Å². The highest BCUT2D eigenvalue weighted by Gasteiger charge is 2.39. The maximum absolute atomic E-state index is 13.0. The number of anilines is 1. The summed E-state index contributed by atoms with van der Waals surface area (Å²) in [5.41, 5.74) is 5.37. The molecule has 7 heteroatoms. The minimum Gasteiger partial charge on any atom is -0.331 e. The Morgan fingerprint density at radius 3 is 2.79 bits per heavy atom. The number of fused-ring (bicyclic) bond motifs is 2. The van der Waals surface area contributed by atoms with Crippen LogP contribution in [-0.2, 0) is 11.3 Å². The number of hydrogen-bond acceptors (Lipinski definition) is 4. The lowest BCUT2D eigenvalue weighted by atomic mass is 9.99. The van der Waals surface area contributed by atoms with Crippen LogP contribution in [0.4, 0.5) is 5.82 Å². The lowest BCUT2D eigenvalue weighted by Gasteiger charge is -2.24. The van der Waals surface area contributed by atoms with Gasteiger partial charge in [-0.1, -0.05) is 0 Å². The van der Waals surface area contributed by atoms with E-state index in [4.69, 9.17) is 4.98 Å². The second-order valence-electron chi connectivity index (χ2n) is 8.16. The summed E-state index contributed by atoms with van der Waals surface area (Å²) < 4.78 is 1.64. The van der Waals surface area contributed by atoms with Gasteiger partial charge < -0.3 is 10.2 Å². The predicted octanol–water partition coefficient (Wildman–Crippen LogP) is 3.42. The van der Waals surface area contributed by atoms with Crippen LogP contribution in [0, 0.1) is 12.8 Å². The normalized spacial score (nSPS) is 16.9. The van der Waals surface area contributed by atoms with Crippen molar-refractivity contribution in [2.24, 2.45) is 5.92 Å². The predicted molar refractivity (Wildman–Crippen MR) is 110 cm³/mol. The molecule has 2 aliphatic rings. The quantitative estimate of drug-likeness (QED) is 0.742. The van der Waals surface area contributed by atoms with E-state index in [0.717, 1.165) is 27.9 Å². The molecular weight excluding hydrogens is 366 g/mol. The molecule has 7 nitrogen and oxygen atoms in total. The number of nitrogens with one attached hydrogen (secondary N) is 1. The molecule has 1 N–H and O–H groups in total. The van der Waals surface area contributed by atoms with Gasteiger partial charge in [-0.25, -0.2) is 9.50 Å². The zero-order chi connectivity index (χ0) is 20.3. The Labute approximate surface area is 168 Å². The highest BCUT2D eigenvalue weighted by Crippen LogP contribution is 2.39. The lowest BCUT2D eigenvalue weighted by molar-refractivity contribution is -0.114. The van der Waals surface area contributed by atoms with Gasteiger partial charge in [0, 0.05) is 42.9 Å². The number of benzene rings is 1. The molecule has 0 saturated heterocycles. The second kappa shape index (κ2) is 6.40. The number of amides is 2. The average molecular weight is 389 g/mol. The van der Waals surface area contributed by atoms with Crippen molar-refractivity contribution < 1.29 is 9.59 Å². The van der Waals surface area contributed by atoms with Crippen molar-refractivity contribution in [1.29, 1.82) is 0 Å². The number of carbonyl (C=O) groups excluding carboxylic acids is 2. The topological polar surface area (TPSA) is 79.6 Å². The Bertz CT molecular complexity index is 1160. The van der Waals surface area contributed by atoms with E-state index in [1.165, 1.54) is 19.8 Å². The summed E-state index contributed by atoms with van der Waals surface area (Å²) in [4.78, 5) is 30.9. The standard InChI is InChI=1S/C22H23N5O2/c1-12-8-16(9-17-11-26(22(29)21(12)17)13(2)15-4-5-15)18-6-7-27-20(24-18)10-19(25-27)23-14(3)28/h6-10,13,15H,4-5,11H2,1-3H3,(H,23,25,28)/t13-/m0/s1. The molecule has 0 radical (unpaired) electrons. The van der Waals surface area contributed by atoms with Gasteiger partial charge in [-0.2, -0.15) is 0 Å². The third-order valence-corrected chi connectivity index (χ3v) is 5.95. The Kier molecular flexibility index (Phi) is 3.94. The molecule has 1 fully saturated rings. The molecule has 1 saturated carbocycles. The van der Waals surface area contributed by atoms with Crippen LogP contribution >= 0.6 is 0 Å². The van der Waals surface area contributed by atoms with E-state index in [1.807, 2.05) is 30.2 Å². The highest BCUT2D eigenvalue weighted by molar-refractivity contribution is 6.00. The summed E-state index contributed by atoms with van der Waals surface area (Å²) in [5, 5.41) is 6.97. The van der Waals surface area contributed by atoms with Gasteiger partial charge in [0.05, 0.1) is 5.69 Å². The molecule has 0 spiro atoms. The molecule has 1 aromatic carbocycles. The SMILES string of the molecule is CC(=O)Nc1cc2nc(-c3cc(C)c4c(c3)CN([C@@H](C)C3CC3)C4=O)ccn2n1. The molecule has 3 aromatic rings. The van der Waals surface area contributed by atoms with Crippen LogP contribution in [0.1, 0.15) is 48.2 Å². The van der Waals surface area contributed by atoms with Crippen LogP contribution in [0.25, 0.3) is 16.9 Å². The third-order valence-electron chi connectivity index (χ3n) is 5.95. The fraction of sp³-hybridized carbons (Fsp3) is 0.364. The monoisotopic (exact) mass is 389 g/mol. The van der Waals surface area contributed by atoms with Crippen molar-refractivity contribution >= 4 is 23.3 Å². The Balaban J connectivity index is 1.50. The molecule has 29 heavy (non-hydrogen) atoms. The van der Waals surface area contributed by atoms with E-state index in [-0.39, 0.29) is 11.8 Å². The number of rotatable bonds is 4. The van der Waals surface area contributed by atoms with Crippen molar-refractivity contribution in [1.82, 2.24) is 19.5 Å². The van der Waals surface area contributed by atoms with Crippen molar-refractivity contribution in [3.8, 4) is 11.3 Å². The molecule has 1 aliphatic heterocycles. The minimum absolute atomic E-state index is 0.155. The fourth-order valence-electron chi connectivity index (χ4n) is 4.28. The van der Waals surface area contributed by atoms with E-state index in [9.17, 15) is 9.59 Å². The van der Waals surface area contributed by atoms with Gasteiger partial charge in [-0.05, 0) is 61.9 Å². The smallest absolute Gasteiger partial charge is 0.255 e. The maximum Gasteiger partial charge on any atom is 0.255 e. The molecule has 0 unspecified atom stereocenters. The van der Waals surface area contributed by atoms with Crippen molar-refractivity contribution in [3.63, 3.8) is 0 Å². The zero-order valence-corrected chi connectivity index (χ0v) is 16.8. The van der Waals surface area contributed by atoms with Gasteiger partial charge in [0.1, 0.15) is 0 Å². The van der Waals surface area contributed by atoms with Gasteiger partial charge in [0.2, 0.25) is 5.91 Å². The summed E-state index contributed by atoms with van der Waals surface area (Å²) in [5.74, 6) is 1.11. The molecule has 5 rings (SSSR count). The first-order valence-corrected chi connectivity index (χ1v) is 9.99. The largest absolute Gasteiger partial charge is 0.331 e. The first kappa shape index (κ1) is 17.8. The minimum atomic E-state index is -0.169.